The molecule has 0 radical (unpaired) electrons. The average Bonchev–Trinajstić information content (AvgIpc) is 3.15. The highest BCUT2D eigenvalue weighted by molar-refractivity contribution is 5.90. The lowest BCUT2D eigenvalue weighted by atomic mass is 10.0. The molecule has 10 heteroatoms. The van der Waals surface area contributed by atoms with Crippen LogP contribution in [0.4, 0.5) is 19.7 Å². The second-order valence-corrected chi connectivity index (χ2v) is 9.24. The van der Waals surface area contributed by atoms with Gasteiger partial charge in [-0.25, -0.2) is 14.0 Å². The number of nitrogens with zero attached hydrogens (tertiary/aromatic N) is 1. The molecule has 9 nitrogen and oxygen atoms in total. The molecule has 188 valence electrons. The predicted octanol–water partition coefficient (Wildman–Crippen LogP) is 3.51. The smallest absolute Gasteiger partial charge is 0.414 e. The summed E-state index contributed by atoms with van der Waals surface area (Å²) in [6, 6.07) is 11.1. The summed E-state index contributed by atoms with van der Waals surface area (Å²) in [5, 5.41) is 15.4. The van der Waals surface area contributed by atoms with Crippen molar-refractivity contribution in [2.75, 3.05) is 24.5 Å². The van der Waals surface area contributed by atoms with Gasteiger partial charge >= 0.3 is 12.2 Å². The number of aliphatic hydroxyl groups excluding tert-OH is 1. The van der Waals surface area contributed by atoms with E-state index in [1.54, 1.807) is 57.2 Å². The molecule has 1 saturated heterocycles. The molecule has 2 aromatic carbocycles. The van der Waals surface area contributed by atoms with Gasteiger partial charge in [-0.15, -0.1) is 0 Å². The van der Waals surface area contributed by atoms with Crippen LogP contribution in [0.25, 0.3) is 11.1 Å². The molecule has 2 atom stereocenters. The highest BCUT2D eigenvalue weighted by Crippen LogP contribution is 2.30. The van der Waals surface area contributed by atoms with Crippen LogP contribution in [0.15, 0.2) is 42.5 Å². The summed E-state index contributed by atoms with van der Waals surface area (Å²) in [4.78, 5) is 36.3. The van der Waals surface area contributed by atoms with Crippen LogP contribution in [-0.4, -0.2) is 54.5 Å². The summed E-state index contributed by atoms with van der Waals surface area (Å²) < 4.78 is 25.3. The summed E-state index contributed by atoms with van der Waals surface area (Å²) in [6.45, 7) is 6.95. The number of amides is 3. The number of hydrogen-bond acceptors (Lipinski definition) is 6. The number of cyclic esters (lactones) is 1. The molecule has 0 spiro atoms. The normalized spacial score (nSPS) is 16.5. The van der Waals surface area contributed by atoms with Crippen molar-refractivity contribution in [3.63, 3.8) is 0 Å². The zero-order valence-electron chi connectivity index (χ0n) is 20.1. The molecule has 1 fully saturated rings. The Morgan fingerprint density at radius 2 is 1.89 bits per heavy atom. The quantitative estimate of drug-likeness (QED) is 0.550. The van der Waals surface area contributed by atoms with E-state index in [2.05, 4.69) is 10.6 Å². The maximum absolute atomic E-state index is 14.9. The lowest BCUT2D eigenvalue weighted by molar-refractivity contribution is -0.119. The minimum atomic E-state index is -0.963. The molecule has 1 heterocycles. The van der Waals surface area contributed by atoms with Gasteiger partial charge in [0.25, 0.3) is 0 Å². The van der Waals surface area contributed by atoms with Gasteiger partial charge in [-0.1, -0.05) is 24.3 Å². The van der Waals surface area contributed by atoms with Gasteiger partial charge in [0.15, 0.2) is 0 Å². The molecule has 35 heavy (non-hydrogen) atoms. The minimum Gasteiger partial charge on any atom is -0.444 e. The van der Waals surface area contributed by atoms with Crippen LogP contribution >= 0.6 is 0 Å². The number of carbonyl (C=O) groups excluding carboxylic acids is 3. The van der Waals surface area contributed by atoms with Crippen molar-refractivity contribution < 1.29 is 33.4 Å². The Labute approximate surface area is 203 Å². The second-order valence-electron chi connectivity index (χ2n) is 9.24. The topological polar surface area (TPSA) is 117 Å². The number of alkyl carbamates (subject to hydrolysis) is 1. The van der Waals surface area contributed by atoms with E-state index in [-0.39, 0.29) is 25.5 Å². The van der Waals surface area contributed by atoms with Crippen molar-refractivity contribution in [1.29, 1.82) is 0 Å². The molecule has 0 aliphatic carbocycles. The van der Waals surface area contributed by atoms with Crippen LogP contribution < -0.4 is 15.5 Å². The zero-order valence-corrected chi connectivity index (χ0v) is 20.1. The van der Waals surface area contributed by atoms with Gasteiger partial charge in [-0.3, -0.25) is 9.69 Å². The third-order valence-corrected chi connectivity index (χ3v) is 5.16. The van der Waals surface area contributed by atoms with E-state index < -0.39 is 35.8 Å². The van der Waals surface area contributed by atoms with Crippen molar-refractivity contribution in [1.82, 2.24) is 10.6 Å². The number of ether oxygens (including phenoxy) is 2. The maximum Gasteiger partial charge on any atom is 0.414 e. The molecule has 3 N–H and O–H groups in total. The Hall–Kier alpha value is -3.66. The van der Waals surface area contributed by atoms with Gasteiger partial charge in [0, 0.05) is 12.5 Å². The molecule has 3 amide bonds. The Bertz CT molecular complexity index is 1080. The fourth-order valence-electron chi connectivity index (χ4n) is 3.50. The van der Waals surface area contributed by atoms with E-state index in [1.807, 2.05) is 0 Å². The maximum atomic E-state index is 14.9. The Balaban J connectivity index is 1.63. The van der Waals surface area contributed by atoms with Crippen LogP contribution in [0.5, 0.6) is 0 Å². The lowest BCUT2D eigenvalue weighted by Gasteiger charge is -2.20. The van der Waals surface area contributed by atoms with Crippen LogP contribution in [0.2, 0.25) is 0 Å². The van der Waals surface area contributed by atoms with Gasteiger partial charge in [-0.2, -0.15) is 0 Å². The van der Waals surface area contributed by atoms with Gasteiger partial charge in [-0.05, 0) is 50.1 Å². The number of benzene rings is 2. The molecule has 0 saturated carbocycles. The summed E-state index contributed by atoms with van der Waals surface area (Å²) >= 11 is 0. The van der Waals surface area contributed by atoms with Crippen LogP contribution in [0.1, 0.15) is 39.4 Å². The van der Waals surface area contributed by atoms with Crippen LogP contribution in [0, 0.1) is 5.82 Å². The Kier molecular flexibility index (Phi) is 7.96. The van der Waals surface area contributed by atoms with E-state index in [0.29, 0.717) is 22.4 Å². The van der Waals surface area contributed by atoms with Gasteiger partial charge in [0.2, 0.25) is 5.91 Å². The van der Waals surface area contributed by atoms with Crippen LogP contribution in [-0.2, 0) is 14.3 Å². The standard InChI is InChI=1S/C25H30FN3O6/c1-15(30)27-12-19-14-29(24(33)34-19)18-9-10-20(21(26)11-18)16-5-7-17(8-6-16)22(31)13-28-23(32)35-25(2,3)4/h5-11,19,22,31H,12-14H2,1-4H3,(H,27,30)(H,28,32). The Morgan fingerprint density at radius 1 is 1.20 bits per heavy atom. The van der Waals surface area contributed by atoms with Crippen LogP contribution in [0.3, 0.4) is 0 Å². The first kappa shape index (κ1) is 26.0. The fourth-order valence-corrected chi connectivity index (χ4v) is 3.50. The largest absolute Gasteiger partial charge is 0.444 e. The predicted molar refractivity (Wildman–Crippen MR) is 127 cm³/mol. The van der Waals surface area contributed by atoms with Crippen molar-refractivity contribution in [3.8, 4) is 11.1 Å². The summed E-state index contributed by atoms with van der Waals surface area (Å²) in [5.41, 5.74) is 1.16. The number of hydrogen-bond donors (Lipinski definition) is 3. The fraction of sp³-hybridized carbons (Fsp3) is 0.400. The van der Waals surface area contributed by atoms with Gasteiger partial charge < -0.3 is 25.2 Å². The first-order valence-corrected chi connectivity index (χ1v) is 11.2. The third-order valence-electron chi connectivity index (χ3n) is 5.16. The highest BCUT2D eigenvalue weighted by atomic mass is 19.1. The highest BCUT2D eigenvalue weighted by Gasteiger charge is 2.32. The Morgan fingerprint density at radius 3 is 2.49 bits per heavy atom. The second kappa shape index (κ2) is 10.7. The SMILES string of the molecule is CC(=O)NCC1CN(c2ccc(-c3ccc(C(O)CNC(=O)OC(C)(C)C)cc3)c(F)c2)C(=O)O1. The zero-order chi connectivity index (χ0) is 25.8. The number of nitrogens with one attached hydrogen (secondary N) is 2. The molecule has 0 aromatic heterocycles. The monoisotopic (exact) mass is 487 g/mol. The molecule has 1 aliphatic rings. The molecular weight excluding hydrogens is 457 g/mol. The molecular formula is C25H30FN3O6. The number of anilines is 1. The summed E-state index contributed by atoms with van der Waals surface area (Å²) in [6.07, 6.45) is -2.71. The first-order chi connectivity index (χ1) is 16.4. The average molecular weight is 488 g/mol. The summed E-state index contributed by atoms with van der Waals surface area (Å²) in [7, 11) is 0. The van der Waals surface area contributed by atoms with Crippen molar-refractivity contribution in [3.05, 3.63) is 53.8 Å². The van der Waals surface area contributed by atoms with E-state index in [4.69, 9.17) is 9.47 Å². The van der Waals surface area contributed by atoms with Crippen molar-refractivity contribution in [2.24, 2.45) is 0 Å². The molecule has 1 aliphatic heterocycles. The van der Waals surface area contributed by atoms with E-state index >= 15 is 0 Å². The lowest BCUT2D eigenvalue weighted by Crippen LogP contribution is -2.34. The summed E-state index contributed by atoms with van der Waals surface area (Å²) in [5.74, 6) is -0.756. The third kappa shape index (κ3) is 7.16. The van der Waals surface area contributed by atoms with E-state index in [9.17, 15) is 23.9 Å². The minimum absolute atomic E-state index is 0.0355. The van der Waals surface area contributed by atoms with Gasteiger partial charge in [0.05, 0.1) is 31.4 Å². The molecule has 2 unspecified atom stereocenters. The van der Waals surface area contributed by atoms with Crippen molar-refractivity contribution >= 4 is 23.8 Å². The number of carbonyl (C=O) groups is 3. The molecule has 0 bridgehead atoms. The van der Waals surface area contributed by atoms with Crippen molar-refractivity contribution in [2.45, 2.75) is 45.5 Å². The number of rotatable bonds is 7. The first-order valence-electron chi connectivity index (χ1n) is 11.2. The molecule has 3 rings (SSSR count). The number of halogens is 1. The van der Waals surface area contributed by atoms with E-state index in [0.717, 1.165) is 0 Å². The number of aliphatic hydroxyl groups is 1. The molecule has 2 aromatic rings. The van der Waals surface area contributed by atoms with E-state index in [1.165, 1.54) is 17.9 Å². The van der Waals surface area contributed by atoms with Gasteiger partial charge in [0.1, 0.15) is 17.5 Å².